The van der Waals surface area contributed by atoms with Crippen molar-refractivity contribution in [2.24, 2.45) is 0 Å². The molecule has 4 aromatic rings. The van der Waals surface area contributed by atoms with Gasteiger partial charge < -0.3 is 14.8 Å². The molecular weight excluding hydrogens is 402 g/mol. The van der Waals surface area contributed by atoms with E-state index in [9.17, 15) is 19.7 Å². The van der Waals surface area contributed by atoms with E-state index in [1.807, 2.05) is 6.07 Å². The van der Waals surface area contributed by atoms with Crippen LogP contribution < -0.4 is 10.3 Å². The lowest BCUT2D eigenvalue weighted by Gasteiger charge is -2.08. The van der Waals surface area contributed by atoms with Crippen molar-refractivity contribution in [2.45, 2.75) is 0 Å². The first-order valence-corrected chi connectivity index (χ1v) is 9.14. The Morgan fingerprint density at radius 2 is 1.81 bits per heavy atom. The first-order valence-electron chi connectivity index (χ1n) is 9.14. The quantitative estimate of drug-likeness (QED) is 0.361. The van der Waals surface area contributed by atoms with Crippen LogP contribution in [0.3, 0.4) is 0 Å². The number of carbonyl (C=O) groups is 1. The lowest BCUT2D eigenvalue weighted by molar-refractivity contribution is -0.384. The summed E-state index contributed by atoms with van der Waals surface area (Å²) < 4.78 is 5.19. The molecule has 0 unspecified atom stereocenters. The molecule has 0 radical (unpaired) electrons. The number of nitrogens with one attached hydrogen (secondary N) is 1. The summed E-state index contributed by atoms with van der Waals surface area (Å²) in [6.07, 6.45) is 0. The van der Waals surface area contributed by atoms with Gasteiger partial charge in [-0.1, -0.05) is 30.3 Å². The van der Waals surface area contributed by atoms with Gasteiger partial charge in [-0.05, 0) is 29.0 Å². The molecule has 31 heavy (non-hydrogen) atoms. The summed E-state index contributed by atoms with van der Waals surface area (Å²) in [6.45, 7) is -0.431. The zero-order valence-corrected chi connectivity index (χ0v) is 15.9. The number of ether oxygens (including phenoxy) is 1. The number of H-pyrrole nitrogens is 1. The van der Waals surface area contributed by atoms with Gasteiger partial charge in [0.25, 0.3) is 11.2 Å². The van der Waals surface area contributed by atoms with Crippen LogP contribution in [-0.4, -0.2) is 32.6 Å². The molecule has 1 aromatic heterocycles. The van der Waals surface area contributed by atoms with Crippen molar-refractivity contribution in [1.29, 1.82) is 0 Å². The Kier molecular flexibility index (Phi) is 5.15. The number of aliphatic carboxylic acids is 1. The fourth-order valence-corrected chi connectivity index (χ4v) is 3.13. The third-order valence-electron chi connectivity index (χ3n) is 4.54. The normalized spacial score (nSPS) is 10.7. The van der Waals surface area contributed by atoms with Crippen LogP contribution in [0.15, 0.2) is 71.5 Å². The second-order valence-electron chi connectivity index (χ2n) is 6.69. The topological polar surface area (TPSA) is 135 Å². The minimum atomic E-state index is -1.06. The lowest BCUT2D eigenvalue weighted by atomic mass is 10.1. The molecular formula is C22H15N3O6. The number of nitro groups is 1. The van der Waals surface area contributed by atoms with Crippen LogP contribution in [0.1, 0.15) is 0 Å². The Morgan fingerprint density at radius 1 is 1.03 bits per heavy atom. The molecule has 0 aliphatic heterocycles. The monoisotopic (exact) mass is 417 g/mol. The summed E-state index contributed by atoms with van der Waals surface area (Å²) in [6, 6.07) is 17.8. The smallest absolute Gasteiger partial charge is 0.341 e. The van der Waals surface area contributed by atoms with Gasteiger partial charge in [0.2, 0.25) is 0 Å². The summed E-state index contributed by atoms with van der Waals surface area (Å²) in [4.78, 5) is 40.6. The number of nitrogens with zero attached hydrogens (tertiary/aromatic N) is 2. The van der Waals surface area contributed by atoms with Crippen molar-refractivity contribution in [3.63, 3.8) is 0 Å². The number of rotatable bonds is 6. The SMILES string of the molecule is O=C(O)COc1ccc2cc(-c3nc(-c4cccc([N+](=O)[O-])c4)cc(=O)[nH]3)ccc2c1. The van der Waals surface area contributed by atoms with Gasteiger partial charge >= 0.3 is 5.97 Å². The molecule has 0 atom stereocenters. The van der Waals surface area contributed by atoms with Gasteiger partial charge in [0.05, 0.1) is 10.6 Å². The molecule has 9 heteroatoms. The van der Waals surface area contributed by atoms with E-state index in [2.05, 4.69) is 9.97 Å². The van der Waals surface area contributed by atoms with E-state index in [1.54, 1.807) is 36.4 Å². The molecule has 3 aromatic carbocycles. The molecule has 0 spiro atoms. The van der Waals surface area contributed by atoms with Gasteiger partial charge in [-0.3, -0.25) is 14.9 Å². The fourth-order valence-electron chi connectivity index (χ4n) is 3.13. The Labute approximate surface area is 174 Å². The largest absolute Gasteiger partial charge is 0.482 e. The lowest BCUT2D eigenvalue weighted by Crippen LogP contribution is -2.09. The maximum atomic E-state index is 12.2. The van der Waals surface area contributed by atoms with Crippen molar-refractivity contribution in [2.75, 3.05) is 6.61 Å². The molecule has 0 aliphatic carbocycles. The molecule has 4 rings (SSSR count). The minimum Gasteiger partial charge on any atom is -0.482 e. The maximum absolute atomic E-state index is 12.2. The van der Waals surface area contributed by atoms with Crippen LogP contribution in [0.5, 0.6) is 5.75 Å². The van der Waals surface area contributed by atoms with E-state index in [0.717, 1.165) is 10.8 Å². The van der Waals surface area contributed by atoms with E-state index in [-0.39, 0.29) is 11.2 Å². The highest BCUT2D eigenvalue weighted by Crippen LogP contribution is 2.27. The Balaban J connectivity index is 1.71. The van der Waals surface area contributed by atoms with E-state index in [1.165, 1.54) is 24.3 Å². The molecule has 2 N–H and O–H groups in total. The van der Waals surface area contributed by atoms with Crippen LogP contribution in [-0.2, 0) is 4.79 Å². The van der Waals surface area contributed by atoms with E-state index in [4.69, 9.17) is 9.84 Å². The predicted molar refractivity (Wildman–Crippen MR) is 113 cm³/mol. The average molecular weight is 417 g/mol. The molecule has 154 valence electrons. The Morgan fingerprint density at radius 3 is 2.58 bits per heavy atom. The Hall–Kier alpha value is -4.53. The van der Waals surface area contributed by atoms with Crippen LogP contribution in [0, 0.1) is 10.1 Å². The Bertz CT molecular complexity index is 1380. The third-order valence-corrected chi connectivity index (χ3v) is 4.54. The highest BCUT2D eigenvalue weighted by atomic mass is 16.6. The summed E-state index contributed by atoms with van der Waals surface area (Å²) >= 11 is 0. The van der Waals surface area contributed by atoms with Gasteiger partial charge in [-0.15, -0.1) is 0 Å². The number of nitro benzene ring substituents is 1. The van der Waals surface area contributed by atoms with Crippen LogP contribution >= 0.6 is 0 Å². The molecule has 0 amide bonds. The van der Waals surface area contributed by atoms with Gasteiger partial charge in [-0.25, -0.2) is 9.78 Å². The molecule has 1 heterocycles. The molecule has 0 saturated heterocycles. The first kappa shape index (κ1) is 19.8. The average Bonchev–Trinajstić information content (AvgIpc) is 2.76. The van der Waals surface area contributed by atoms with Crippen molar-refractivity contribution >= 4 is 22.4 Å². The van der Waals surface area contributed by atoms with E-state index >= 15 is 0 Å². The summed E-state index contributed by atoms with van der Waals surface area (Å²) in [5, 5.41) is 21.4. The molecule has 0 bridgehead atoms. The third kappa shape index (κ3) is 4.40. The molecule has 0 saturated carbocycles. The van der Waals surface area contributed by atoms with Crippen LogP contribution in [0.2, 0.25) is 0 Å². The number of carboxylic acid groups (broad SMARTS) is 1. The number of carboxylic acids is 1. The van der Waals surface area contributed by atoms with E-state index in [0.29, 0.717) is 28.4 Å². The van der Waals surface area contributed by atoms with Crippen molar-refractivity contribution in [3.05, 3.63) is 87.2 Å². The van der Waals surface area contributed by atoms with Gasteiger partial charge in [-0.2, -0.15) is 0 Å². The number of aromatic nitrogens is 2. The van der Waals surface area contributed by atoms with Crippen LogP contribution in [0.25, 0.3) is 33.4 Å². The predicted octanol–water partition coefficient (Wildman–Crippen LogP) is 3.63. The standard InChI is InChI=1S/C22H15N3O6/c26-20-11-19(15-2-1-3-17(9-15)25(29)30)23-22(24-20)16-5-4-14-10-18(31-12-21(27)28)7-6-13(14)8-16/h1-11H,12H2,(H,27,28)(H,23,24,26). The summed E-state index contributed by atoms with van der Waals surface area (Å²) in [7, 11) is 0. The number of aromatic amines is 1. The fraction of sp³-hybridized carbons (Fsp3) is 0.0455. The van der Waals surface area contributed by atoms with Crippen molar-refractivity contribution < 1.29 is 19.6 Å². The number of hydrogen-bond acceptors (Lipinski definition) is 6. The number of benzene rings is 3. The number of non-ortho nitro benzene ring substituents is 1. The molecule has 0 fully saturated rings. The zero-order chi connectivity index (χ0) is 22.0. The maximum Gasteiger partial charge on any atom is 0.341 e. The summed E-state index contributed by atoms with van der Waals surface area (Å²) in [5.74, 6) is -0.307. The van der Waals surface area contributed by atoms with Crippen LogP contribution in [0.4, 0.5) is 5.69 Å². The zero-order valence-electron chi connectivity index (χ0n) is 15.9. The van der Waals surface area contributed by atoms with Gasteiger partial charge in [0, 0.05) is 29.3 Å². The van der Waals surface area contributed by atoms with Crippen molar-refractivity contribution in [3.8, 4) is 28.4 Å². The van der Waals surface area contributed by atoms with Gasteiger partial charge in [0.1, 0.15) is 11.6 Å². The van der Waals surface area contributed by atoms with Gasteiger partial charge in [0.15, 0.2) is 6.61 Å². The first-order chi connectivity index (χ1) is 14.9. The van der Waals surface area contributed by atoms with E-state index < -0.39 is 17.5 Å². The highest BCUT2D eigenvalue weighted by molar-refractivity contribution is 5.87. The highest BCUT2D eigenvalue weighted by Gasteiger charge is 2.11. The molecule has 0 aliphatic rings. The number of hydrogen-bond donors (Lipinski definition) is 2. The van der Waals surface area contributed by atoms with Crippen molar-refractivity contribution in [1.82, 2.24) is 9.97 Å². The summed E-state index contributed by atoms with van der Waals surface area (Å²) in [5.41, 5.74) is 0.954. The number of fused-ring (bicyclic) bond motifs is 1. The molecule has 9 nitrogen and oxygen atoms in total. The second kappa shape index (κ2) is 8.07. The minimum absolute atomic E-state index is 0.0900. The second-order valence-corrected chi connectivity index (χ2v) is 6.69.